The van der Waals surface area contributed by atoms with E-state index in [4.69, 9.17) is 10.2 Å². The first-order chi connectivity index (χ1) is 4.66. The van der Waals surface area contributed by atoms with Crippen molar-refractivity contribution in [2.75, 3.05) is 13.2 Å². The number of carboxylic acid groups (broad SMARTS) is 1. The lowest BCUT2D eigenvalue weighted by Gasteiger charge is -2.07. The van der Waals surface area contributed by atoms with Crippen molar-refractivity contribution in [2.45, 2.75) is 19.4 Å². The quantitative estimate of drug-likeness (QED) is 0.487. The molecule has 0 aliphatic rings. The predicted octanol–water partition coefficient (Wildman–Crippen LogP) is -0.569. The highest BCUT2D eigenvalue weighted by molar-refractivity contribution is 5.66. The van der Waals surface area contributed by atoms with E-state index in [1.807, 2.05) is 0 Å². The monoisotopic (exact) mass is 147 g/mol. The third-order valence-electron chi connectivity index (χ3n) is 1.11. The van der Waals surface area contributed by atoms with Crippen LogP contribution in [0.15, 0.2) is 0 Å². The fourth-order valence-electron chi connectivity index (χ4n) is 0.490. The molecule has 0 amide bonds. The van der Waals surface area contributed by atoms with Gasteiger partial charge in [-0.15, -0.1) is 0 Å². The fraction of sp³-hybridized carbons (Fsp3) is 0.833. The highest BCUT2D eigenvalue weighted by Gasteiger charge is 1.99. The van der Waals surface area contributed by atoms with Gasteiger partial charge in [-0.25, -0.2) is 0 Å². The molecular formula is C6H13NO3. The van der Waals surface area contributed by atoms with E-state index in [1.165, 1.54) is 0 Å². The Kier molecular flexibility index (Phi) is 4.88. The van der Waals surface area contributed by atoms with Crippen molar-refractivity contribution < 1.29 is 15.0 Å². The van der Waals surface area contributed by atoms with Gasteiger partial charge in [0.1, 0.15) is 0 Å². The molecular weight excluding hydrogens is 134 g/mol. The summed E-state index contributed by atoms with van der Waals surface area (Å²) in [5, 5.41) is 19.5. The number of carboxylic acids is 1. The minimum absolute atomic E-state index is 0.0145. The summed E-state index contributed by atoms with van der Waals surface area (Å²) in [5.41, 5.74) is 0. The smallest absolute Gasteiger partial charge is 0.304 e. The third kappa shape index (κ3) is 5.53. The van der Waals surface area contributed by atoms with Crippen LogP contribution in [-0.2, 0) is 4.79 Å². The van der Waals surface area contributed by atoms with Gasteiger partial charge in [0.15, 0.2) is 0 Å². The Morgan fingerprint density at radius 2 is 2.30 bits per heavy atom. The molecule has 0 aromatic heterocycles. The van der Waals surface area contributed by atoms with Crippen molar-refractivity contribution >= 4 is 5.97 Å². The Bertz CT molecular complexity index is 105. The number of aliphatic hydroxyl groups is 1. The Hall–Kier alpha value is -0.610. The summed E-state index contributed by atoms with van der Waals surface area (Å²) in [6.45, 7) is 2.25. The van der Waals surface area contributed by atoms with E-state index in [-0.39, 0.29) is 19.1 Å². The van der Waals surface area contributed by atoms with Crippen molar-refractivity contribution in [3.63, 3.8) is 0 Å². The summed E-state index contributed by atoms with van der Waals surface area (Å²) in [4.78, 5) is 9.97. The molecule has 0 aliphatic carbocycles. The molecule has 0 saturated carbocycles. The number of nitrogens with one attached hydrogen (secondary N) is 1. The largest absolute Gasteiger partial charge is 0.481 e. The van der Waals surface area contributed by atoms with Gasteiger partial charge in [0.25, 0.3) is 0 Å². The van der Waals surface area contributed by atoms with E-state index in [1.54, 1.807) is 6.92 Å². The standard InChI is InChI=1S/C6H13NO3/c1-5(4-8)7-3-2-6(9)10/h5,7-8H,2-4H2,1H3,(H,9,10). The van der Waals surface area contributed by atoms with Crippen molar-refractivity contribution in [2.24, 2.45) is 0 Å². The Morgan fingerprint density at radius 3 is 2.70 bits per heavy atom. The molecule has 0 aliphatic heterocycles. The zero-order valence-corrected chi connectivity index (χ0v) is 6.00. The van der Waals surface area contributed by atoms with E-state index < -0.39 is 5.97 Å². The van der Waals surface area contributed by atoms with Crippen LogP contribution in [0.2, 0.25) is 0 Å². The van der Waals surface area contributed by atoms with Crippen LogP contribution in [0.3, 0.4) is 0 Å². The van der Waals surface area contributed by atoms with Crippen LogP contribution in [0.5, 0.6) is 0 Å². The fourth-order valence-corrected chi connectivity index (χ4v) is 0.490. The van der Waals surface area contributed by atoms with Crippen molar-refractivity contribution in [1.29, 1.82) is 0 Å². The number of hydrogen-bond acceptors (Lipinski definition) is 3. The first kappa shape index (κ1) is 9.39. The average Bonchev–Trinajstić information content (AvgIpc) is 1.87. The second-order valence-corrected chi connectivity index (χ2v) is 2.18. The molecule has 0 aromatic carbocycles. The van der Waals surface area contributed by atoms with Crippen LogP contribution >= 0.6 is 0 Å². The second-order valence-electron chi connectivity index (χ2n) is 2.18. The third-order valence-corrected chi connectivity index (χ3v) is 1.11. The summed E-state index contributed by atoms with van der Waals surface area (Å²) >= 11 is 0. The van der Waals surface area contributed by atoms with Gasteiger partial charge in [0.2, 0.25) is 0 Å². The summed E-state index contributed by atoms with van der Waals surface area (Å²) < 4.78 is 0. The van der Waals surface area contributed by atoms with E-state index >= 15 is 0 Å². The van der Waals surface area contributed by atoms with E-state index in [0.29, 0.717) is 6.54 Å². The highest BCUT2D eigenvalue weighted by atomic mass is 16.4. The Labute approximate surface area is 59.9 Å². The zero-order valence-electron chi connectivity index (χ0n) is 6.00. The molecule has 1 unspecified atom stereocenters. The molecule has 60 valence electrons. The molecule has 0 bridgehead atoms. The second kappa shape index (κ2) is 5.20. The topological polar surface area (TPSA) is 69.6 Å². The van der Waals surface area contributed by atoms with Crippen LogP contribution in [0.25, 0.3) is 0 Å². The van der Waals surface area contributed by atoms with E-state index in [0.717, 1.165) is 0 Å². The zero-order chi connectivity index (χ0) is 7.98. The Morgan fingerprint density at radius 1 is 1.70 bits per heavy atom. The molecule has 0 radical (unpaired) electrons. The summed E-state index contributed by atoms with van der Waals surface area (Å²) in [6.07, 6.45) is 0.102. The number of rotatable bonds is 5. The van der Waals surface area contributed by atoms with Gasteiger partial charge in [0, 0.05) is 12.6 Å². The molecule has 0 rings (SSSR count). The summed E-state index contributed by atoms with van der Waals surface area (Å²) in [7, 11) is 0. The van der Waals surface area contributed by atoms with Gasteiger partial charge < -0.3 is 15.5 Å². The van der Waals surface area contributed by atoms with Crippen molar-refractivity contribution in [3.8, 4) is 0 Å². The van der Waals surface area contributed by atoms with Gasteiger partial charge >= 0.3 is 5.97 Å². The molecule has 4 heteroatoms. The number of aliphatic hydroxyl groups excluding tert-OH is 1. The highest BCUT2D eigenvalue weighted by Crippen LogP contribution is 1.80. The predicted molar refractivity (Wildman–Crippen MR) is 36.8 cm³/mol. The van der Waals surface area contributed by atoms with Gasteiger partial charge in [-0.3, -0.25) is 4.79 Å². The lowest BCUT2D eigenvalue weighted by molar-refractivity contribution is -0.136. The maximum absolute atomic E-state index is 9.97. The summed E-state index contributed by atoms with van der Waals surface area (Å²) in [5.74, 6) is -0.822. The van der Waals surface area contributed by atoms with Gasteiger partial charge in [-0.2, -0.15) is 0 Å². The number of hydrogen-bond donors (Lipinski definition) is 3. The molecule has 1 atom stereocenters. The van der Waals surface area contributed by atoms with Gasteiger partial charge in [-0.05, 0) is 6.92 Å². The van der Waals surface area contributed by atoms with Gasteiger partial charge in [0.05, 0.1) is 13.0 Å². The molecule has 4 nitrogen and oxygen atoms in total. The number of aliphatic carboxylic acids is 1. The molecule has 10 heavy (non-hydrogen) atoms. The van der Waals surface area contributed by atoms with E-state index in [2.05, 4.69) is 5.32 Å². The van der Waals surface area contributed by atoms with Crippen LogP contribution in [-0.4, -0.2) is 35.4 Å². The molecule has 0 fully saturated rings. The normalized spacial score (nSPS) is 13.0. The van der Waals surface area contributed by atoms with Crippen molar-refractivity contribution in [3.05, 3.63) is 0 Å². The number of carbonyl (C=O) groups is 1. The molecule has 0 heterocycles. The SMILES string of the molecule is CC(CO)NCCC(=O)O. The minimum Gasteiger partial charge on any atom is -0.481 e. The van der Waals surface area contributed by atoms with Crippen LogP contribution in [0.1, 0.15) is 13.3 Å². The van der Waals surface area contributed by atoms with Crippen molar-refractivity contribution in [1.82, 2.24) is 5.32 Å². The van der Waals surface area contributed by atoms with Crippen LogP contribution < -0.4 is 5.32 Å². The molecule has 3 N–H and O–H groups in total. The minimum atomic E-state index is -0.822. The first-order valence-electron chi connectivity index (χ1n) is 3.23. The maximum Gasteiger partial charge on any atom is 0.304 e. The van der Waals surface area contributed by atoms with Crippen LogP contribution in [0.4, 0.5) is 0 Å². The first-order valence-corrected chi connectivity index (χ1v) is 3.23. The maximum atomic E-state index is 9.97. The van der Waals surface area contributed by atoms with E-state index in [9.17, 15) is 4.79 Å². The summed E-state index contributed by atoms with van der Waals surface area (Å²) in [6, 6.07) is -0.0145. The molecule has 0 saturated heterocycles. The van der Waals surface area contributed by atoms with Crippen LogP contribution in [0, 0.1) is 0 Å². The molecule has 0 aromatic rings. The Balaban J connectivity index is 3.11. The lowest BCUT2D eigenvalue weighted by Crippen LogP contribution is -2.31. The van der Waals surface area contributed by atoms with Gasteiger partial charge in [-0.1, -0.05) is 0 Å². The lowest BCUT2D eigenvalue weighted by atomic mass is 10.3. The molecule has 0 spiro atoms. The average molecular weight is 147 g/mol.